The van der Waals surface area contributed by atoms with Gasteiger partial charge in [-0.1, -0.05) is 6.07 Å². The van der Waals surface area contributed by atoms with Gasteiger partial charge < -0.3 is 5.32 Å². The zero-order chi connectivity index (χ0) is 17.0. The number of amides is 1. The van der Waals surface area contributed by atoms with Gasteiger partial charge in [0.05, 0.1) is 8.68 Å². The van der Waals surface area contributed by atoms with E-state index in [0.717, 1.165) is 15.8 Å². The first-order chi connectivity index (χ1) is 10.8. The molecule has 0 unspecified atom stereocenters. The molecule has 1 amide bonds. The summed E-state index contributed by atoms with van der Waals surface area (Å²) >= 11 is 5.03. The standard InChI is InChI=1S/C15H17BrN2O3S2/c1-10-3-5-12(23(20,21)17-2)9-13(10)15(19)18-8-7-11-4-6-14(16)22-11/h3-6,9,17H,7-8H2,1-2H3,(H,18,19). The van der Waals surface area contributed by atoms with Gasteiger partial charge in [-0.2, -0.15) is 0 Å². The molecule has 0 fully saturated rings. The number of halogens is 1. The molecule has 1 aromatic carbocycles. The number of hydrogen-bond donors (Lipinski definition) is 2. The molecule has 0 aliphatic rings. The average molecular weight is 417 g/mol. The summed E-state index contributed by atoms with van der Waals surface area (Å²) in [6, 6.07) is 8.50. The quantitative estimate of drug-likeness (QED) is 0.759. The highest BCUT2D eigenvalue weighted by molar-refractivity contribution is 9.11. The number of carbonyl (C=O) groups excluding carboxylic acids is 1. The summed E-state index contributed by atoms with van der Waals surface area (Å²) in [7, 11) is -2.22. The van der Waals surface area contributed by atoms with E-state index in [1.165, 1.54) is 24.1 Å². The topological polar surface area (TPSA) is 75.3 Å². The van der Waals surface area contributed by atoms with E-state index < -0.39 is 10.0 Å². The van der Waals surface area contributed by atoms with Crippen molar-refractivity contribution >= 4 is 43.2 Å². The Morgan fingerprint density at radius 3 is 2.61 bits per heavy atom. The number of aryl methyl sites for hydroxylation is 1. The second kappa shape index (κ2) is 7.57. The van der Waals surface area contributed by atoms with Crippen molar-refractivity contribution in [3.05, 3.63) is 50.1 Å². The van der Waals surface area contributed by atoms with Crippen molar-refractivity contribution in [3.8, 4) is 0 Å². The van der Waals surface area contributed by atoms with Gasteiger partial charge >= 0.3 is 0 Å². The molecule has 0 atom stereocenters. The predicted octanol–water partition coefficient (Wildman–Crippen LogP) is 2.70. The smallest absolute Gasteiger partial charge is 0.251 e. The number of sulfonamides is 1. The molecule has 0 aliphatic carbocycles. The third kappa shape index (κ3) is 4.63. The van der Waals surface area contributed by atoms with Gasteiger partial charge in [0.1, 0.15) is 0 Å². The Bertz CT molecular complexity index is 816. The molecular weight excluding hydrogens is 400 g/mol. The highest BCUT2D eigenvalue weighted by atomic mass is 79.9. The predicted molar refractivity (Wildman–Crippen MR) is 95.5 cm³/mol. The Labute approximate surface area is 148 Å². The van der Waals surface area contributed by atoms with E-state index in [1.54, 1.807) is 24.3 Å². The highest BCUT2D eigenvalue weighted by Crippen LogP contribution is 2.22. The molecular formula is C15H17BrN2O3S2. The molecule has 23 heavy (non-hydrogen) atoms. The molecule has 124 valence electrons. The molecule has 0 bridgehead atoms. The molecule has 0 aliphatic heterocycles. The van der Waals surface area contributed by atoms with E-state index in [2.05, 4.69) is 26.0 Å². The van der Waals surface area contributed by atoms with Gasteiger partial charge in [0, 0.05) is 17.0 Å². The van der Waals surface area contributed by atoms with E-state index in [1.807, 2.05) is 12.1 Å². The number of thiophene rings is 1. The van der Waals surface area contributed by atoms with Crippen LogP contribution in [0, 0.1) is 6.92 Å². The van der Waals surface area contributed by atoms with Crippen LogP contribution >= 0.6 is 27.3 Å². The number of nitrogens with one attached hydrogen (secondary N) is 2. The van der Waals surface area contributed by atoms with Crippen molar-refractivity contribution in [3.63, 3.8) is 0 Å². The first-order valence-corrected chi connectivity index (χ1v) is 9.99. The van der Waals surface area contributed by atoms with Gasteiger partial charge in [0.25, 0.3) is 5.91 Å². The molecule has 0 radical (unpaired) electrons. The van der Waals surface area contributed by atoms with Gasteiger partial charge in [-0.3, -0.25) is 4.79 Å². The largest absolute Gasteiger partial charge is 0.352 e. The van der Waals surface area contributed by atoms with Gasteiger partial charge in [0.2, 0.25) is 10.0 Å². The molecule has 0 saturated carbocycles. The Hall–Kier alpha value is -1.22. The van der Waals surface area contributed by atoms with E-state index in [-0.39, 0.29) is 10.8 Å². The number of rotatable bonds is 6. The van der Waals surface area contributed by atoms with Crippen LogP contribution in [0.25, 0.3) is 0 Å². The van der Waals surface area contributed by atoms with Crippen LogP contribution in [0.5, 0.6) is 0 Å². The molecule has 1 heterocycles. The number of benzene rings is 1. The maximum absolute atomic E-state index is 12.3. The fourth-order valence-electron chi connectivity index (χ4n) is 2.01. The van der Waals surface area contributed by atoms with Crippen LogP contribution in [0.4, 0.5) is 0 Å². The lowest BCUT2D eigenvalue weighted by Gasteiger charge is -2.10. The first-order valence-electron chi connectivity index (χ1n) is 6.90. The second-order valence-corrected chi connectivity index (χ2v) is 9.33. The van der Waals surface area contributed by atoms with Crippen LogP contribution in [0.1, 0.15) is 20.8 Å². The van der Waals surface area contributed by atoms with Gasteiger partial charge in [0.15, 0.2) is 0 Å². The van der Waals surface area contributed by atoms with Crippen LogP contribution in [0.15, 0.2) is 39.0 Å². The Morgan fingerprint density at radius 2 is 2.00 bits per heavy atom. The molecule has 2 N–H and O–H groups in total. The van der Waals surface area contributed by atoms with E-state index in [9.17, 15) is 13.2 Å². The number of hydrogen-bond acceptors (Lipinski definition) is 4. The minimum atomic E-state index is -3.57. The fraction of sp³-hybridized carbons (Fsp3) is 0.267. The van der Waals surface area contributed by atoms with E-state index in [4.69, 9.17) is 0 Å². The van der Waals surface area contributed by atoms with Crippen LogP contribution < -0.4 is 10.0 Å². The van der Waals surface area contributed by atoms with Gasteiger partial charge in [-0.25, -0.2) is 13.1 Å². The first kappa shape index (κ1) is 18.1. The van der Waals surface area contributed by atoms with Crippen molar-refractivity contribution in [2.24, 2.45) is 0 Å². The van der Waals surface area contributed by atoms with Gasteiger partial charge in [-0.05, 0) is 66.2 Å². The molecule has 2 rings (SSSR count). The molecule has 8 heteroatoms. The van der Waals surface area contributed by atoms with Crippen LogP contribution in [0.3, 0.4) is 0 Å². The summed E-state index contributed by atoms with van der Waals surface area (Å²) in [5.74, 6) is -0.272. The average Bonchev–Trinajstić information content (AvgIpc) is 2.92. The van der Waals surface area contributed by atoms with Crippen LogP contribution in [-0.2, 0) is 16.4 Å². The summed E-state index contributed by atoms with van der Waals surface area (Å²) in [5, 5.41) is 2.83. The zero-order valence-corrected chi connectivity index (χ0v) is 15.9. The SMILES string of the molecule is CNS(=O)(=O)c1ccc(C)c(C(=O)NCCc2ccc(Br)s2)c1. The van der Waals surface area contributed by atoms with Crippen molar-refractivity contribution < 1.29 is 13.2 Å². The minimum Gasteiger partial charge on any atom is -0.352 e. The van der Waals surface area contributed by atoms with Crippen molar-refractivity contribution in [1.82, 2.24) is 10.0 Å². The van der Waals surface area contributed by atoms with E-state index in [0.29, 0.717) is 12.1 Å². The van der Waals surface area contributed by atoms with Gasteiger partial charge in [-0.15, -0.1) is 11.3 Å². The second-order valence-electron chi connectivity index (χ2n) is 4.90. The van der Waals surface area contributed by atoms with Crippen molar-refractivity contribution in [2.45, 2.75) is 18.2 Å². The summed E-state index contributed by atoms with van der Waals surface area (Å²) in [4.78, 5) is 13.5. The normalized spacial score (nSPS) is 11.4. The Morgan fingerprint density at radius 1 is 1.26 bits per heavy atom. The van der Waals surface area contributed by atoms with Crippen LogP contribution in [0.2, 0.25) is 0 Å². The minimum absolute atomic E-state index is 0.0814. The number of carbonyl (C=O) groups is 1. The summed E-state index contributed by atoms with van der Waals surface area (Å²) < 4.78 is 27.0. The fourth-order valence-corrected chi connectivity index (χ4v) is 4.25. The monoisotopic (exact) mass is 416 g/mol. The molecule has 5 nitrogen and oxygen atoms in total. The van der Waals surface area contributed by atoms with Crippen LogP contribution in [-0.4, -0.2) is 27.9 Å². The lowest BCUT2D eigenvalue weighted by Crippen LogP contribution is -2.27. The summed E-state index contributed by atoms with van der Waals surface area (Å²) in [5.41, 5.74) is 1.10. The molecule has 2 aromatic rings. The molecule has 1 aromatic heterocycles. The zero-order valence-electron chi connectivity index (χ0n) is 12.7. The van der Waals surface area contributed by atoms with E-state index >= 15 is 0 Å². The highest BCUT2D eigenvalue weighted by Gasteiger charge is 2.16. The lowest BCUT2D eigenvalue weighted by molar-refractivity contribution is 0.0953. The maximum Gasteiger partial charge on any atom is 0.251 e. The third-order valence-corrected chi connectivity index (χ3v) is 6.41. The Balaban J connectivity index is 2.08. The van der Waals surface area contributed by atoms with Crippen molar-refractivity contribution in [1.29, 1.82) is 0 Å². The Kier molecular flexibility index (Phi) is 5.96. The third-order valence-electron chi connectivity index (χ3n) is 3.32. The summed E-state index contributed by atoms with van der Waals surface area (Å²) in [6.07, 6.45) is 0.732. The molecule has 0 saturated heterocycles. The lowest BCUT2D eigenvalue weighted by atomic mass is 10.1. The summed E-state index contributed by atoms with van der Waals surface area (Å²) in [6.45, 7) is 2.27. The molecule has 0 spiro atoms. The maximum atomic E-state index is 12.3. The van der Waals surface area contributed by atoms with Crippen molar-refractivity contribution in [2.75, 3.05) is 13.6 Å².